The van der Waals surface area contributed by atoms with Gasteiger partial charge in [-0.1, -0.05) is 30.3 Å². The molecule has 21 heavy (non-hydrogen) atoms. The zero-order valence-electron chi connectivity index (χ0n) is 12.3. The smallest absolute Gasteiger partial charge is 0.255 e. The fourth-order valence-electron chi connectivity index (χ4n) is 2.25. The van der Waals surface area contributed by atoms with Crippen LogP contribution in [0.1, 0.15) is 22.3 Å². The molecule has 0 aliphatic rings. The van der Waals surface area contributed by atoms with E-state index in [-0.39, 0.29) is 5.91 Å². The molecule has 0 bridgehead atoms. The summed E-state index contributed by atoms with van der Waals surface area (Å²) in [5.41, 5.74) is 14.3. The van der Waals surface area contributed by atoms with Crippen LogP contribution in [0.5, 0.6) is 0 Å². The maximum absolute atomic E-state index is 12.3. The number of nitrogens with two attached hydrogens (primary N) is 2. The van der Waals surface area contributed by atoms with Crippen molar-refractivity contribution in [2.24, 2.45) is 0 Å². The Balaban J connectivity index is 1.90. The van der Waals surface area contributed by atoms with Crippen LogP contribution < -0.4 is 11.5 Å². The molecular formula is C17H21N3O. The number of nitrogens with zero attached hydrogens (tertiary/aromatic N) is 1. The maximum Gasteiger partial charge on any atom is 0.255 e. The molecule has 1 amide bonds. The van der Waals surface area contributed by atoms with E-state index in [1.165, 1.54) is 5.56 Å². The van der Waals surface area contributed by atoms with Crippen molar-refractivity contribution in [1.82, 2.24) is 4.90 Å². The second-order valence-electron chi connectivity index (χ2n) is 5.16. The summed E-state index contributed by atoms with van der Waals surface area (Å²) in [6, 6.07) is 15.2. The number of amides is 1. The van der Waals surface area contributed by atoms with Crippen molar-refractivity contribution in [3.8, 4) is 0 Å². The lowest BCUT2D eigenvalue weighted by Crippen LogP contribution is -2.28. The van der Waals surface area contributed by atoms with E-state index in [1.54, 1.807) is 30.1 Å². The van der Waals surface area contributed by atoms with Gasteiger partial charge in [0.05, 0.1) is 5.56 Å². The van der Waals surface area contributed by atoms with Gasteiger partial charge in [-0.15, -0.1) is 0 Å². The van der Waals surface area contributed by atoms with Crippen LogP contribution in [-0.2, 0) is 6.42 Å². The van der Waals surface area contributed by atoms with Crippen LogP contribution in [0, 0.1) is 0 Å². The number of carbonyl (C=O) groups excluding carboxylic acids is 1. The van der Waals surface area contributed by atoms with Gasteiger partial charge in [0, 0.05) is 25.0 Å². The average molecular weight is 283 g/mol. The molecule has 0 aliphatic carbocycles. The zero-order valence-corrected chi connectivity index (χ0v) is 12.3. The molecule has 0 aromatic heterocycles. The van der Waals surface area contributed by atoms with Crippen molar-refractivity contribution in [2.45, 2.75) is 12.8 Å². The molecule has 2 rings (SSSR count). The second kappa shape index (κ2) is 6.79. The van der Waals surface area contributed by atoms with Crippen molar-refractivity contribution >= 4 is 17.3 Å². The highest BCUT2D eigenvalue weighted by molar-refractivity contribution is 5.99. The minimum Gasteiger partial charge on any atom is -0.399 e. The molecule has 2 aromatic carbocycles. The molecule has 0 unspecified atom stereocenters. The van der Waals surface area contributed by atoms with E-state index in [2.05, 4.69) is 12.1 Å². The number of aryl methyl sites for hydroxylation is 1. The summed E-state index contributed by atoms with van der Waals surface area (Å²) in [5, 5.41) is 0. The van der Waals surface area contributed by atoms with E-state index >= 15 is 0 Å². The van der Waals surface area contributed by atoms with Crippen LogP contribution in [0.2, 0.25) is 0 Å². The van der Waals surface area contributed by atoms with Gasteiger partial charge in [0.15, 0.2) is 0 Å². The van der Waals surface area contributed by atoms with E-state index in [1.807, 2.05) is 18.2 Å². The molecule has 0 saturated carbocycles. The molecule has 0 radical (unpaired) electrons. The standard InChI is InChI=1S/C17H21N3O/c1-20(11-5-8-13-6-3-2-4-7-13)17(21)15-10-9-14(18)12-16(15)19/h2-4,6-7,9-10,12H,5,8,11,18-19H2,1H3. The van der Waals surface area contributed by atoms with Gasteiger partial charge in [0.1, 0.15) is 0 Å². The molecule has 110 valence electrons. The summed E-state index contributed by atoms with van der Waals surface area (Å²) >= 11 is 0. The lowest BCUT2D eigenvalue weighted by Gasteiger charge is -2.18. The molecule has 4 heteroatoms. The Morgan fingerprint density at radius 3 is 2.48 bits per heavy atom. The lowest BCUT2D eigenvalue weighted by atomic mass is 10.1. The molecule has 4 nitrogen and oxygen atoms in total. The molecule has 0 saturated heterocycles. The number of hydrogen-bond donors (Lipinski definition) is 2. The summed E-state index contributed by atoms with van der Waals surface area (Å²) in [4.78, 5) is 14.0. The number of anilines is 2. The molecule has 4 N–H and O–H groups in total. The van der Waals surface area contributed by atoms with Crippen LogP contribution in [0.25, 0.3) is 0 Å². The summed E-state index contributed by atoms with van der Waals surface area (Å²) in [5.74, 6) is -0.0689. The molecule has 0 atom stereocenters. The van der Waals surface area contributed by atoms with Crippen LogP contribution in [0.4, 0.5) is 11.4 Å². The Bertz CT molecular complexity index is 611. The van der Waals surface area contributed by atoms with Gasteiger partial charge in [0.2, 0.25) is 0 Å². The van der Waals surface area contributed by atoms with Crippen LogP contribution >= 0.6 is 0 Å². The van der Waals surface area contributed by atoms with E-state index in [0.717, 1.165) is 12.8 Å². The minimum absolute atomic E-state index is 0.0689. The van der Waals surface area contributed by atoms with E-state index in [0.29, 0.717) is 23.5 Å². The molecule has 0 fully saturated rings. The predicted octanol–water partition coefficient (Wildman–Crippen LogP) is 2.56. The Kier molecular flexibility index (Phi) is 4.82. The normalized spacial score (nSPS) is 10.3. The number of carbonyl (C=O) groups is 1. The second-order valence-corrected chi connectivity index (χ2v) is 5.16. The van der Waals surface area contributed by atoms with Crippen molar-refractivity contribution in [3.63, 3.8) is 0 Å². The van der Waals surface area contributed by atoms with Gasteiger partial charge in [-0.3, -0.25) is 4.79 Å². The summed E-state index contributed by atoms with van der Waals surface area (Å²) in [6.45, 7) is 0.692. The number of nitrogen functional groups attached to an aromatic ring is 2. The van der Waals surface area contributed by atoms with Gasteiger partial charge in [-0.05, 0) is 36.6 Å². The van der Waals surface area contributed by atoms with Gasteiger partial charge in [0.25, 0.3) is 5.91 Å². The number of hydrogen-bond acceptors (Lipinski definition) is 3. The first kappa shape index (κ1) is 14.9. The molecular weight excluding hydrogens is 262 g/mol. The van der Waals surface area contributed by atoms with Gasteiger partial charge in [-0.25, -0.2) is 0 Å². The SMILES string of the molecule is CN(CCCc1ccccc1)C(=O)c1ccc(N)cc1N. The quantitative estimate of drug-likeness (QED) is 0.828. The Morgan fingerprint density at radius 2 is 1.81 bits per heavy atom. The van der Waals surface area contributed by atoms with Gasteiger partial charge < -0.3 is 16.4 Å². The third-order valence-electron chi connectivity index (χ3n) is 3.45. The fraction of sp³-hybridized carbons (Fsp3) is 0.235. The first-order valence-electron chi connectivity index (χ1n) is 7.02. The first-order chi connectivity index (χ1) is 10.1. The zero-order chi connectivity index (χ0) is 15.2. The number of benzene rings is 2. The van der Waals surface area contributed by atoms with Crippen LogP contribution in [0.15, 0.2) is 48.5 Å². The van der Waals surface area contributed by atoms with Crippen molar-refractivity contribution in [2.75, 3.05) is 25.1 Å². The summed E-state index contributed by atoms with van der Waals surface area (Å²) in [6.07, 6.45) is 1.87. The molecule has 2 aromatic rings. The lowest BCUT2D eigenvalue weighted by molar-refractivity contribution is 0.0794. The maximum atomic E-state index is 12.3. The number of rotatable bonds is 5. The molecule has 0 aliphatic heterocycles. The highest BCUT2D eigenvalue weighted by atomic mass is 16.2. The third kappa shape index (κ3) is 3.99. The summed E-state index contributed by atoms with van der Waals surface area (Å²) < 4.78 is 0. The van der Waals surface area contributed by atoms with Crippen LogP contribution in [-0.4, -0.2) is 24.4 Å². The van der Waals surface area contributed by atoms with Crippen molar-refractivity contribution < 1.29 is 4.79 Å². The van der Waals surface area contributed by atoms with Crippen LogP contribution in [0.3, 0.4) is 0 Å². The minimum atomic E-state index is -0.0689. The monoisotopic (exact) mass is 283 g/mol. The van der Waals surface area contributed by atoms with Crippen molar-refractivity contribution in [1.29, 1.82) is 0 Å². The van der Waals surface area contributed by atoms with E-state index in [9.17, 15) is 4.79 Å². The Labute approximate surface area is 125 Å². The van der Waals surface area contributed by atoms with E-state index in [4.69, 9.17) is 11.5 Å². The third-order valence-corrected chi connectivity index (χ3v) is 3.45. The van der Waals surface area contributed by atoms with E-state index < -0.39 is 0 Å². The predicted molar refractivity (Wildman–Crippen MR) is 87.0 cm³/mol. The molecule has 0 spiro atoms. The Hall–Kier alpha value is -2.49. The average Bonchev–Trinajstić information content (AvgIpc) is 2.47. The highest BCUT2D eigenvalue weighted by Gasteiger charge is 2.14. The van der Waals surface area contributed by atoms with Gasteiger partial charge >= 0.3 is 0 Å². The summed E-state index contributed by atoms with van der Waals surface area (Å²) in [7, 11) is 1.79. The first-order valence-corrected chi connectivity index (χ1v) is 7.02. The molecule has 0 heterocycles. The highest BCUT2D eigenvalue weighted by Crippen LogP contribution is 2.17. The largest absolute Gasteiger partial charge is 0.399 e. The fourth-order valence-corrected chi connectivity index (χ4v) is 2.25. The van der Waals surface area contributed by atoms with Gasteiger partial charge in [-0.2, -0.15) is 0 Å². The topological polar surface area (TPSA) is 72.3 Å². The Morgan fingerprint density at radius 1 is 1.10 bits per heavy atom. The van der Waals surface area contributed by atoms with Crippen molar-refractivity contribution in [3.05, 3.63) is 59.7 Å².